The summed E-state index contributed by atoms with van der Waals surface area (Å²) >= 11 is 0. The van der Waals surface area contributed by atoms with E-state index in [1.165, 1.54) is 0 Å². The van der Waals surface area contributed by atoms with Gasteiger partial charge in [-0.25, -0.2) is 0 Å². The van der Waals surface area contributed by atoms with E-state index in [-0.39, 0.29) is 24.9 Å². The zero-order chi connectivity index (χ0) is 18.4. The van der Waals surface area contributed by atoms with Crippen LogP contribution in [0.15, 0.2) is 42.5 Å². The molecule has 0 saturated carbocycles. The Kier molecular flexibility index (Phi) is 5.58. The van der Waals surface area contributed by atoms with Crippen molar-refractivity contribution >= 4 is 17.6 Å². The van der Waals surface area contributed by atoms with E-state index in [2.05, 4.69) is 5.32 Å². The first-order valence-electron chi connectivity index (χ1n) is 8.18. The van der Waals surface area contributed by atoms with Crippen LogP contribution in [0.25, 0.3) is 0 Å². The van der Waals surface area contributed by atoms with Gasteiger partial charge in [-0.15, -0.1) is 0 Å². The van der Waals surface area contributed by atoms with E-state index in [1.807, 2.05) is 12.1 Å². The molecule has 0 aromatic heterocycles. The zero-order valence-electron chi connectivity index (χ0n) is 14.3. The Bertz CT molecular complexity index is 787. The van der Waals surface area contributed by atoms with Crippen molar-refractivity contribution in [2.45, 2.75) is 12.8 Å². The molecule has 0 fully saturated rings. The molecule has 1 heterocycles. The van der Waals surface area contributed by atoms with Crippen LogP contribution in [0.4, 0.5) is 5.69 Å². The molecule has 3 rings (SSSR count). The van der Waals surface area contributed by atoms with E-state index in [0.29, 0.717) is 36.0 Å². The minimum Gasteiger partial charge on any atom is -0.497 e. The number of esters is 1. The second kappa shape index (κ2) is 8.24. The Morgan fingerprint density at radius 2 is 1.85 bits per heavy atom. The van der Waals surface area contributed by atoms with Crippen molar-refractivity contribution in [2.75, 3.05) is 25.6 Å². The van der Waals surface area contributed by atoms with Crippen molar-refractivity contribution in [3.05, 3.63) is 42.5 Å². The quantitative estimate of drug-likeness (QED) is 0.466. The van der Waals surface area contributed by atoms with Gasteiger partial charge in [0.1, 0.15) is 23.0 Å². The van der Waals surface area contributed by atoms with Gasteiger partial charge in [-0.2, -0.15) is 0 Å². The second-order valence-corrected chi connectivity index (χ2v) is 5.60. The summed E-state index contributed by atoms with van der Waals surface area (Å²) in [6, 6.07) is 12.1. The summed E-state index contributed by atoms with van der Waals surface area (Å²) in [6.45, 7) is 0.385. The molecule has 0 atom stereocenters. The Morgan fingerprint density at radius 3 is 2.62 bits per heavy atom. The predicted octanol–water partition coefficient (Wildman–Crippen LogP) is 2.79. The molecule has 1 aliphatic rings. The van der Waals surface area contributed by atoms with Crippen LogP contribution in [0.3, 0.4) is 0 Å². The highest BCUT2D eigenvalue weighted by Gasteiger charge is 2.17. The summed E-state index contributed by atoms with van der Waals surface area (Å²) in [5.41, 5.74) is 0.495. The number of amides is 1. The summed E-state index contributed by atoms with van der Waals surface area (Å²) in [7, 11) is 1.60. The third kappa shape index (κ3) is 4.66. The number of hydrogen-bond acceptors (Lipinski definition) is 6. The molecule has 0 saturated heterocycles. The molecule has 1 aliphatic heterocycles. The van der Waals surface area contributed by atoms with Crippen molar-refractivity contribution in [3.8, 4) is 23.0 Å². The van der Waals surface area contributed by atoms with Gasteiger partial charge < -0.3 is 24.3 Å². The van der Waals surface area contributed by atoms with Gasteiger partial charge in [0.25, 0.3) is 5.91 Å². The van der Waals surface area contributed by atoms with Crippen LogP contribution >= 0.6 is 0 Å². The standard InChI is InChI=1S/C19H19NO6/c1-23-13-4-6-14(7-5-13)24-10-2-3-19(22)26-15-8-9-17-16(11-15)20-18(21)12-25-17/h4-9,11H,2-3,10,12H2,1H3,(H,20,21). The molecular weight excluding hydrogens is 338 g/mol. The highest BCUT2D eigenvalue weighted by Crippen LogP contribution is 2.31. The van der Waals surface area contributed by atoms with Crippen molar-refractivity contribution in [1.29, 1.82) is 0 Å². The lowest BCUT2D eigenvalue weighted by Gasteiger charge is -2.18. The minimum absolute atomic E-state index is 0.0136. The fourth-order valence-corrected chi connectivity index (χ4v) is 2.39. The van der Waals surface area contributed by atoms with Gasteiger partial charge in [-0.3, -0.25) is 9.59 Å². The number of rotatable bonds is 7. The van der Waals surface area contributed by atoms with E-state index < -0.39 is 0 Å². The van der Waals surface area contributed by atoms with Crippen LogP contribution in [0, 0.1) is 0 Å². The first kappa shape index (κ1) is 17.6. The van der Waals surface area contributed by atoms with E-state index in [4.69, 9.17) is 18.9 Å². The maximum Gasteiger partial charge on any atom is 0.311 e. The largest absolute Gasteiger partial charge is 0.497 e. The van der Waals surface area contributed by atoms with Gasteiger partial charge >= 0.3 is 5.97 Å². The lowest BCUT2D eigenvalue weighted by molar-refractivity contribution is -0.134. The van der Waals surface area contributed by atoms with Gasteiger partial charge in [0, 0.05) is 12.5 Å². The van der Waals surface area contributed by atoms with Crippen molar-refractivity contribution in [3.63, 3.8) is 0 Å². The molecule has 1 amide bonds. The van der Waals surface area contributed by atoms with Crippen LogP contribution in [0.1, 0.15) is 12.8 Å². The Balaban J connectivity index is 1.42. The molecule has 0 aliphatic carbocycles. The van der Waals surface area contributed by atoms with E-state index in [0.717, 1.165) is 5.75 Å². The fraction of sp³-hybridized carbons (Fsp3) is 0.263. The molecule has 26 heavy (non-hydrogen) atoms. The van der Waals surface area contributed by atoms with Gasteiger partial charge in [0.15, 0.2) is 6.61 Å². The maximum absolute atomic E-state index is 11.9. The molecule has 0 radical (unpaired) electrons. The molecule has 2 aromatic carbocycles. The number of benzene rings is 2. The zero-order valence-corrected chi connectivity index (χ0v) is 14.3. The highest BCUT2D eigenvalue weighted by atomic mass is 16.5. The summed E-state index contributed by atoms with van der Waals surface area (Å²) in [6.07, 6.45) is 0.742. The van der Waals surface area contributed by atoms with Gasteiger partial charge in [-0.05, 0) is 42.8 Å². The van der Waals surface area contributed by atoms with E-state index in [9.17, 15) is 9.59 Å². The fourth-order valence-electron chi connectivity index (χ4n) is 2.39. The van der Waals surface area contributed by atoms with Crippen LogP contribution in [-0.2, 0) is 9.59 Å². The van der Waals surface area contributed by atoms with Crippen LogP contribution in [0.5, 0.6) is 23.0 Å². The SMILES string of the molecule is COc1ccc(OCCCC(=O)Oc2ccc3c(c2)NC(=O)CO3)cc1. The third-order valence-corrected chi connectivity index (χ3v) is 3.67. The number of nitrogens with one attached hydrogen (secondary N) is 1. The van der Waals surface area contributed by atoms with Crippen LogP contribution in [-0.4, -0.2) is 32.2 Å². The summed E-state index contributed by atoms with van der Waals surface area (Å²) in [4.78, 5) is 23.2. The van der Waals surface area contributed by atoms with Crippen LogP contribution < -0.4 is 24.3 Å². The van der Waals surface area contributed by atoms with Crippen molar-refractivity contribution < 1.29 is 28.5 Å². The summed E-state index contributed by atoms with van der Waals surface area (Å²) < 4.78 is 21.2. The lowest BCUT2D eigenvalue weighted by atomic mass is 10.2. The average Bonchev–Trinajstić information content (AvgIpc) is 2.65. The van der Waals surface area contributed by atoms with Gasteiger partial charge in [0.05, 0.1) is 19.4 Å². The number of ether oxygens (including phenoxy) is 4. The second-order valence-electron chi connectivity index (χ2n) is 5.60. The molecule has 7 nitrogen and oxygen atoms in total. The van der Waals surface area contributed by atoms with Gasteiger partial charge in [-0.1, -0.05) is 0 Å². The van der Waals surface area contributed by atoms with E-state index >= 15 is 0 Å². The molecule has 7 heteroatoms. The molecule has 0 bridgehead atoms. The number of carbonyl (C=O) groups excluding carboxylic acids is 2. The first-order valence-corrected chi connectivity index (χ1v) is 8.18. The topological polar surface area (TPSA) is 83.1 Å². The third-order valence-electron chi connectivity index (χ3n) is 3.67. The Morgan fingerprint density at radius 1 is 1.12 bits per heavy atom. The first-order chi connectivity index (χ1) is 12.6. The smallest absolute Gasteiger partial charge is 0.311 e. The molecule has 0 spiro atoms. The summed E-state index contributed by atoms with van der Waals surface area (Å²) in [5.74, 6) is 1.77. The molecule has 136 valence electrons. The van der Waals surface area contributed by atoms with Gasteiger partial charge in [0.2, 0.25) is 0 Å². The highest BCUT2D eigenvalue weighted by molar-refractivity contribution is 5.95. The van der Waals surface area contributed by atoms with Crippen LogP contribution in [0.2, 0.25) is 0 Å². The predicted molar refractivity (Wildman–Crippen MR) is 93.9 cm³/mol. The monoisotopic (exact) mass is 357 g/mol. The van der Waals surface area contributed by atoms with Crippen molar-refractivity contribution in [2.24, 2.45) is 0 Å². The Labute approximate surface area is 150 Å². The Hall–Kier alpha value is -3.22. The molecular formula is C19H19NO6. The number of fused-ring (bicyclic) bond motifs is 1. The number of hydrogen-bond donors (Lipinski definition) is 1. The number of methoxy groups -OCH3 is 1. The normalized spacial score (nSPS) is 12.4. The number of carbonyl (C=O) groups is 2. The average molecular weight is 357 g/mol. The molecule has 1 N–H and O–H groups in total. The molecule has 0 unspecified atom stereocenters. The maximum atomic E-state index is 11.9. The number of anilines is 1. The summed E-state index contributed by atoms with van der Waals surface area (Å²) in [5, 5.41) is 2.67. The van der Waals surface area contributed by atoms with E-state index in [1.54, 1.807) is 37.4 Å². The lowest BCUT2D eigenvalue weighted by Crippen LogP contribution is -2.25. The minimum atomic E-state index is -0.369. The van der Waals surface area contributed by atoms with Crippen molar-refractivity contribution in [1.82, 2.24) is 0 Å². The molecule has 2 aromatic rings.